The molecule has 3 aromatic rings. The summed E-state index contributed by atoms with van der Waals surface area (Å²) in [5.41, 5.74) is 0.888. The lowest BCUT2D eigenvalue weighted by atomic mass is 10.1. The molecule has 0 bridgehead atoms. The van der Waals surface area contributed by atoms with Crippen LogP contribution in [0.15, 0.2) is 47.0 Å². The van der Waals surface area contributed by atoms with Gasteiger partial charge in [-0.3, -0.25) is 9.59 Å². The molecular formula is C23H22F2N2O7. The second-order valence-corrected chi connectivity index (χ2v) is 6.80. The summed E-state index contributed by atoms with van der Waals surface area (Å²) >= 11 is 0. The van der Waals surface area contributed by atoms with Crippen LogP contribution in [0.4, 0.5) is 8.78 Å². The van der Waals surface area contributed by atoms with Crippen molar-refractivity contribution < 1.29 is 41.8 Å². The number of nitrogens with zero attached hydrogens (tertiary/aromatic N) is 2. The van der Waals surface area contributed by atoms with E-state index in [9.17, 15) is 18.4 Å². The Kier molecular flexibility index (Phi) is 8.49. The highest BCUT2D eigenvalue weighted by molar-refractivity contribution is 5.97. The number of aromatic nitrogens is 2. The van der Waals surface area contributed by atoms with Crippen molar-refractivity contribution in [1.29, 1.82) is 0 Å². The number of benzene rings is 2. The van der Waals surface area contributed by atoms with Crippen LogP contribution in [0, 0.1) is 0 Å². The smallest absolute Gasteiger partial charge is 0.387 e. The average molecular weight is 476 g/mol. The molecule has 9 nitrogen and oxygen atoms in total. The van der Waals surface area contributed by atoms with Gasteiger partial charge < -0.3 is 23.5 Å². The molecule has 0 aliphatic rings. The van der Waals surface area contributed by atoms with Crippen molar-refractivity contribution in [1.82, 2.24) is 10.1 Å². The van der Waals surface area contributed by atoms with Crippen LogP contribution in [-0.2, 0) is 16.1 Å². The lowest BCUT2D eigenvalue weighted by Crippen LogP contribution is -2.08. The number of alkyl halides is 2. The third kappa shape index (κ3) is 6.74. The molecule has 180 valence electrons. The first kappa shape index (κ1) is 24.6. The van der Waals surface area contributed by atoms with Crippen LogP contribution in [0.5, 0.6) is 17.2 Å². The molecule has 0 saturated heterocycles. The fourth-order valence-corrected chi connectivity index (χ4v) is 2.91. The van der Waals surface area contributed by atoms with Crippen LogP contribution in [-0.4, -0.2) is 42.2 Å². The molecular weight excluding hydrogens is 454 g/mol. The van der Waals surface area contributed by atoms with Crippen molar-refractivity contribution >= 4 is 11.8 Å². The third-order valence-corrected chi connectivity index (χ3v) is 4.51. The molecule has 0 radical (unpaired) electrons. The molecule has 2 aromatic carbocycles. The van der Waals surface area contributed by atoms with Crippen LogP contribution in [0.3, 0.4) is 0 Å². The monoisotopic (exact) mass is 476 g/mol. The average Bonchev–Trinajstić information content (AvgIpc) is 3.31. The molecule has 1 aromatic heterocycles. The van der Waals surface area contributed by atoms with Gasteiger partial charge in [0, 0.05) is 17.5 Å². The first-order valence-corrected chi connectivity index (χ1v) is 10.3. The summed E-state index contributed by atoms with van der Waals surface area (Å²) in [5, 5.41) is 3.78. The SMILES string of the molecule is CCOc1ccc(C(=O)CCC(=O)OCc2nc(-c3ccc(OC(F)F)c(OC)c3)no2)cc1. The zero-order chi connectivity index (χ0) is 24.5. The van der Waals surface area contributed by atoms with E-state index in [-0.39, 0.29) is 48.4 Å². The molecule has 0 saturated carbocycles. The van der Waals surface area contributed by atoms with Crippen molar-refractivity contribution in [2.24, 2.45) is 0 Å². The number of hydrogen-bond donors (Lipinski definition) is 0. The van der Waals surface area contributed by atoms with Crippen LogP contribution in [0.25, 0.3) is 11.4 Å². The maximum Gasteiger partial charge on any atom is 0.387 e. The standard InChI is InChI=1S/C23H22F2N2O7/c1-3-31-16-7-4-14(5-8-16)17(28)9-11-21(29)32-13-20-26-22(27-34-20)15-6-10-18(33-23(24)25)19(12-15)30-2/h4-8,10,12,23H,3,9,11,13H2,1-2H3. The van der Waals surface area contributed by atoms with E-state index in [1.54, 1.807) is 24.3 Å². The lowest BCUT2D eigenvalue weighted by Gasteiger charge is -2.10. The number of carbonyl (C=O) groups excluding carboxylic acids is 2. The highest BCUT2D eigenvalue weighted by Gasteiger charge is 2.16. The van der Waals surface area contributed by atoms with Gasteiger partial charge in [-0.2, -0.15) is 13.8 Å². The summed E-state index contributed by atoms with van der Waals surface area (Å²) in [6.45, 7) is -0.894. The first-order valence-electron chi connectivity index (χ1n) is 10.3. The molecule has 0 N–H and O–H groups in total. The Morgan fingerprint density at radius 3 is 2.50 bits per heavy atom. The molecule has 1 heterocycles. The van der Waals surface area contributed by atoms with E-state index in [1.165, 1.54) is 25.3 Å². The summed E-state index contributed by atoms with van der Waals surface area (Å²) in [5.74, 6) is -0.0612. The van der Waals surface area contributed by atoms with Gasteiger partial charge >= 0.3 is 12.6 Å². The van der Waals surface area contributed by atoms with Gasteiger partial charge in [0.25, 0.3) is 5.89 Å². The third-order valence-electron chi connectivity index (χ3n) is 4.51. The molecule has 0 atom stereocenters. The van der Waals surface area contributed by atoms with Gasteiger partial charge in [-0.15, -0.1) is 0 Å². The van der Waals surface area contributed by atoms with E-state index in [4.69, 9.17) is 18.7 Å². The maximum atomic E-state index is 12.5. The summed E-state index contributed by atoms with van der Waals surface area (Å²) in [6.07, 6.45) is -0.134. The van der Waals surface area contributed by atoms with Gasteiger partial charge in [0.15, 0.2) is 23.9 Å². The number of carbonyl (C=O) groups is 2. The van der Waals surface area contributed by atoms with E-state index in [1.807, 2.05) is 6.92 Å². The van der Waals surface area contributed by atoms with E-state index >= 15 is 0 Å². The summed E-state index contributed by atoms with van der Waals surface area (Å²) < 4.78 is 49.8. The Morgan fingerprint density at radius 1 is 1.06 bits per heavy atom. The quantitative estimate of drug-likeness (QED) is 0.276. The Hall–Kier alpha value is -4.02. The highest BCUT2D eigenvalue weighted by Crippen LogP contribution is 2.32. The fourth-order valence-electron chi connectivity index (χ4n) is 2.91. The minimum absolute atomic E-state index is 0.0191. The topological polar surface area (TPSA) is 110 Å². The van der Waals surface area contributed by atoms with Gasteiger partial charge in [0.1, 0.15) is 5.75 Å². The fraction of sp³-hybridized carbons (Fsp3) is 0.304. The van der Waals surface area contributed by atoms with Gasteiger partial charge in [-0.25, -0.2) is 0 Å². The van der Waals surface area contributed by atoms with E-state index in [0.29, 0.717) is 23.5 Å². The number of ether oxygens (including phenoxy) is 4. The number of methoxy groups -OCH3 is 1. The summed E-state index contributed by atoms with van der Waals surface area (Å²) in [4.78, 5) is 28.3. The summed E-state index contributed by atoms with van der Waals surface area (Å²) in [6, 6.07) is 10.8. The van der Waals surface area contributed by atoms with Crippen molar-refractivity contribution in [2.75, 3.05) is 13.7 Å². The van der Waals surface area contributed by atoms with Crippen molar-refractivity contribution in [2.45, 2.75) is 33.0 Å². The Balaban J connectivity index is 1.50. The van der Waals surface area contributed by atoms with Gasteiger partial charge in [-0.05, 0) is 49.4 Å². The first-order chi connectivity index (χ1) is 16.4. The van der Waals surface area contributed by atoms with Crippen molar-refractivity contribution in [3.8, 4) is 28.6 Å². The highest BCUT2D eigenvalue weighted by atomic mass is 19.3. The Bertz CT molecular complexity index is 1120. The minimum Gasteiger partial charge on any atom is -0.494 e. The molecule has 0 amide bonds. The number of halogens is 2. The van der Waals surface area contributed by atoms with Crippen molar-refractivity contribution in [3.05, 3.63) is 53.9 Å². The molecule has 0 unspecified atom stereocenters. The largest absolute Gasteiger partial charge is 0.494 e. The van der Waals surface area contributed by atoms with Gasteiger partial charge in [-0.1, -0.05) is 5.16 Å². The zero-order valence-electron chi connectivity index (χ0n) is 18.5. The molecule has 0 fully saturated rings. The number of esters is 1. The normalized spacial score (nSPS) is 10.7. The minimum atomic E-state index is -3.00. The number of ketones is 1. The maximum absolute atomic E-state index is 12.5. The Morgan fingerprint density at radius 2 is 1.82 bits per heavy atom. The van der Waals surface area contributed by atoms with E-state index < -0.39 is 12.6 Å². The number of hydrogen-bond acceptors (Lipinski definition) is 9. The molecule has 3 rings (SSSR count). The lowest BCUT2D eigenvalue weighted by molar-refractivity contribution is -0.145. The second-order valence-electron chi connectivity index (χ2n) is 6.80. The molecule has 11 heteroatoms. The van der Waals surface area contributed by atoms with Crippen molar-refractivity contribution in [3.63, 3.8) is 0 Å². The molecule has 0 spiro atoms. The van der Waals surface area contributed by atoms with Crippen LogP contribution >= 0.6 is 0 Å². The number of Topliss-reactive ketones (excluding diaryl/α,β-unsaturated/α-hetero) is 1. The predicted octanol–water partition coefficient (Wildman–Crippen LogP) is 4.45. The molecule has 0 aliphatic carbocycles. The number of rotatable bonds is 12. The van der Waals surface area contributed by atoms with Crippen LogP contribution in [0.1, 0.15) is 36.0 Å². The molecule has 0 aliphatic heterocycles. The van der Waals surface area contributed by atoms with Gasteiger partial charge in [0.05, 0.1) is 20.1 Å². The van der Waals surface area contributed by atoms with E-state index in [2.05, 4.69) is 14.9 Å². The molecule has 34 heavy (non-hydrogen) atoms. The summed E-state index contributed by atoms with van der Waals surface area (Å²) in [7, 11) is 1.30. The van der Waals surface area contributed by atoms with Gasteiger partial charge in [0.2, 0.25) is 5.82 Å². The second kappa shape index (κ2) is 11.7. The van der Waals surface area contributed by atoms with Crippen LogP contribution in [0.2, 0.25) is 0 Å². The van der Waals surface area contributed by atoms with E-state index in [0.717, 1.165) is 0 Å². The van der Waals surface area contributed by atoms with Crippen LogP contribution < -0.4 is 14.2 Å². The Labute approximate surface area is 193 Å². The zero-order valence-corrected chi connectivity index (χ0v) is 18.5. The predicted molar refractivity (Wildman–Crippen MR) is 114 cm³/mol.